The first kappa shape index (κ1) is 26.4. The first-order valence-electron chi connectivity index (χ1n) is 11.0. The molecule has 2 aromatic carbocycles. The first-order chi connectivity index (χ1) is 17.8. The Bertz CT molecular complexity index is 1350. The maximum atomic E-state index is 13.3. The van der Waals surface area contributed by atoms with Gasteiger partial charge in [0.05, 0.1) is 17.1 Å². The van der Waals surface area contributed by atoms with Crippen LogP contribution in [0.15, 0.2) is 79.3 Å². The third-order valence-electron chi connectivity index (χ3n) is 5.32. The van der Waals surface area contributed by atoms with Gasteiger partial charge in [0.25, 0.3) is 5.91 Å². The highest BCUT2D eigenvalue weighted by molar-refractivity contribution is 6.35. The van der Waals surface area contributed by atoms with Crippen LogP contribution in [0.25, 0.3) is 0 Å². The number of halogens is 5. The van der Waals surface area contributed by atoms with Gasteiger partial charge in [-0.15, -0.1) is 11.6 Å². The van der Waals surface area contributed by atoms with Crippen LogP contribution in [0.1, 0.15) is 27.2 Å². The summed E-state index contributed by atoms with van der Waals surface area (Å²) in [5.74, 6) is 0.481. The van der Waals surface area contributed by atoms with Crippen molar-refractivity contribution < 1.29 is 22.7 Å². The SMILES string of the molecule is O=C(c1ccccc1)N(CCc1ccc(Oc2ccc(C(F)(F)F)cn2)cc1)c1ncnc(CCl)c1Cl. The van der Waals surface area contributed by atoms with Gasteiger partial charge in [-0.05, 0) is 42.3 Å². The minimum absolute atomic E-state index is 0.0360. The van der Waals surface area contributed by atoms with Gasteiger partial charge in [-0.3, -0.25) is 9.69 Å². The van der Waals surface area contributed by atoms with E-state index in [9.17, 15) is 18.0 Å². The van der Waals surface area contributed by atoms with E-state index in [1.165, 1.54) is 11.2 Å². The van der Waals surface area contributed by atoms with E-state index >= 15 is 0 Å². The predicted molar refractivity (Wildman–Crippen MR) is 134 cm³/mol. The lowest BCUT2D eigenvalue weighted by Crippen LogP contribution is -2.34. The molecule has 0 radical (unpaired) electrons. The van der Waals surface area contributed by atoms with Crippen molar-refractivity contribution >= 4 is 34.9 Å². The Morgan fingerprint density at radius 1 is 0.946 bits per heavy atom. The molecule has 1 amide bonds. The molecule has 11 heteroatoms. The molecule has 0 saturated carbocycles. The third-order valence-corrected chi connectivity index (χ3v) is 5.97. The van der Waals surface area contributed by atoms with Gasteiger partial charge in [-0.25, -0.2) is 15.0 Å². The van der Waals surface area contributed by atoms with E-state index in [2.05, 4.69) is 15.0 Å². The lowest BCUT2D eigenvalue weighted by molar-refractivity contribution is -0.137. The highest BCUT2D eigenvalue weighted by atomic mass is 35.5. The number of nitrogens with zero attached hydrogens (tertiary/aromatic N) is 4. The largest absolute Gasteiger partial charge is 0.439 e. The summed E-state index contributed by atoms with van der Waals surface area (Å²) in [7, 11) is 0. The molecular weight excluding hydrogens is 528 g/mol. The van der Waals surface area contributed by atoms with E-state index in [1.54, 1.807) is 48.5 Å². The van der Waals surface area contributed by atoms with Gasteiger partial charge in [0.1, 0.15) is 17.1 Å². The van der Waals surface area contributed by atoms with Crippen LogP contribution in [0.3, 0.4) is 0 Å². The Hall–Kier alpha value is -3.69. The number of hydrogen-bond acceptors (Lipinski definition) is 5. The Balaban J connectivity index is 1.49. The number of benzene rings is 2. The molecule has 0 aliphatic heterocycles. The second-order valence-electron chi connectivity index (χ2n) is 7.79. The topological polar surface area (TPSA) is 68.2 Å². The fourth-order valence-corrected chi connectivity index (χ4v) is 3.95. The average Bonchev–Trinajstić information content (AvgIpc) is 2.90. The minimum Gasteiger partial charge on any atom is -0.439 e. The summed E-state index contributed by atoms with van der Waals surface area (Å²) < 4.78 is 43.7. The van der Waals surface area contributed by atoms with E-state index < -0.39 is 11.7 Å². The summed E-state index contributed by atoms with van der Waals surface area (Å²) in [4.78, 5) is 26.8. The Kier molecular flexibility index (Phi) is 8.25. The summed E-state index contributed by atoms with van der Waals surface area (Å²) >= 11 is 12.4. The van der Waals surface area contributed by atoms with Crippen LogP contribution in [-0.4, -0.2) is 27.4 Å². The molecule has 0 fully saturated rings. The number of alkyl halides is 4. The van der Waals surface area contributed by atoms with Crippen LogP contribution >= 0.6 is 23.2 Å². The fourth-order valence-electron chi connectivity index (χ4n) is 3.41. The van der Waals surface area contributed by atoms with E-state index in [4.69, 9.17) is 27.9 Å². The van der Waals surface area contributed by atoms with Crippen molar-refractivity contribution in [2.45, 2.75) is 18.5 Å². The zero-order chi connectivity index (χ0) is 26.4. The van der Waals surface area contributed by atoms with Crippen molar-refractivity contribution in [1.82, 2.24) is 15.0 Å². The number of carbonyl (C=O) groups is 1. The van der Waals surface area contributed by atoms with E-state index in [0.717, 1.165) is 23.9 Å². The second-order valence-corrected chi connectivity index (χ2v) is 8.44. The van der Waals surface area contributed by atoms with E-state index in [1.807, 2.05) is 6.07 Å². The number of anilines is 1. The number of pyridine rings is 1. The summed E-state index contributed by atoms with van der Waals surface area (Å²) in [6.45, 7) is 0.257. The molecule has 0 unspecified atom stereocenters. The standard InChI is InChI=1S/C26H19Cl2F3N4O2/c27-14-21-23(28)24(34-16-33-21)35(25(36)18-4-2-1-3-5-18)13-12-17-6-9-20(10-7-17)37-22-11-8-19(15-32-22)26(29,30)31/h1-11,15-16H,12-14H2. The molecule has 0 aliphatic rings. The minimum atomic E-state index is -4.47. The van der Waals surface area contributed by atoms with Gasteiger partial charge in [0.2, 0.25) is 5.88 Å². The number of aromatic nitrogens is 3. The highest BCUT2D eigenvalue weighted by Gasteiger charge is 2.30. The lowest BCUT2D eigenvalue weighted by atomic mass is 10.1. The Labute approximate surface area is 220 Å². The summed E-state index contributed by atoms with van der Waals surface area (Å²) in [6.07, 6.45) is -1.99. The van der Waals surface area contributed by atoms with Gasteiger partial charge in [0, 0.05) is 24.4 Å². The normalized spacial score (nSPS) is 11.3. The molecule has 0 spiro atoms. The van der Waals surface area contributed by atoms with E-state index in [0.29, 0.717) is 23.4 Å². The molecule has 0 atom stereocenters. The van der Waals surface area contributed by atoms with Gasteiger partial charge < -0.3 is 4.74 Å². The molecule has 6 nitrogen and oxygen atoms in total. The van der Waals surface area contributed by atoms with E-state index in [-0.39, 0.29) is 35.1 Å². The van der Waals surface area contributed by atoms with Crippen molar-refractivity contribution in [3.8, 4) is 11.6 Å². The number of hydrogen-bond donors (Lipinski definition) is 0. The number of ether oxygens (including phenoxy) is 1. The van der Waals surface area contributed by atoms with Crippen molar-refractivity contribution in [1.29, 1.82) is 0 Å². The molecule has 4 rings (SSSR count). The monoisotopic (exact) mass is 546 g/mol. The molecule has 0 aliphatic carbocycles. The zero-order valence-corrected chi connectivity index (χ0v) is 20.6. The van der Waals surface area contributed by atoms with Crippen molar-refractivity contribution in [3.05, 3.63) is 107 Å². The van der Waals surface area contributed by atoms with Crippen LogP contribution in [0.2, 0.25) is 5.02 Å². The van der Waals surface area contributed by atoms with Crippen molar-refractivity contribution in [3.63, 3.8) is 0 Å². The highest BCUT2D eigenvalue weighted by Crippen LogP contribution is 2.31. The van der Waals surface area contributed by atoms with Crippen LogP contribution in [-0.2, 0) is 18.5 Å². The predicted octanol–water partition coefficient (Wildman–Crippen LogP) is 6.96. The van der Waals surface area contributed by atoms with Gasteiger partial charge >= 0.3 is 6.18 Å². The van der Waals surface area contributed by atoms with Crippen molar-refractivity contribution in [2.24, 2.45) is 0 Å². The van der Waals surface area contributed by atoms with Crippen LogP contribution in [0.4, 0.5) is 19.0 Å². The molecule has 4 aromatic rings. The summed E-state index contributed by atoms with van der Waals surface area (Å²) in [5, 5.41) is 0.203. The van der Waals surface area contributed by atoms with Crippen LogP contribution in [0, 0.1) is 0 Å². The lowest BCUT2D eigenvalue weighted by Gasteiger charge is -2.23. The number of amides is 1. The smallest absolute Gasteiger partial charge is 0.417 e. The first-order valence-corrected chi connectivity index (χ1v) is 11.9. The molecule has 190 valence electrons. The molecule has 0 saturated heterocycles. The fraction of sp³-hybridized carbons (Fsp3) is 0.154. The molecule has 37 heavy (non-hydrogen) atoms. The van der Waals surface area contributed by atoms with Crippen molar-refractivity contribution in [2.75, 3.05) is 11.4 Å². The average molecular weight is 547 g/mol. The van der Waals surface area contributed by atoms with Gasteiger partial charge in [0.15, 0.2) is 5.82 Å². The van der Waals surface area contributed by atoms with Crippen LogP contribution in [0.5, 0.6) is 11.6 Å². The Morgan fingerprint density at radius 3 is 2.30 bits per heavy atom. The molecule has 0 bridgehead atoms. The number of rotatable bonds is 8. The maximum Gasteiger partial charge on any atom is 0.417 e. The quantitative estimate of drug-likeness (QED) is 0.223. The van der Waals surface area contributed by atoms with Gasteiger partial charge in [-0.2, -0.15) is 13.2 Å². The summed E-state index contributed by atoms with van der Waals surface area (Å²) in [6, 6.07) is 17.7. The number of carbonyl (C=O) groups excluding carboxylic acids is 1. The second kappa shape index (κ2) is 11.6. The maximum absolute atomic E-state index is 13.3. The molecular formula is C26H19Cl2F3N4O2. The molecule has 0 N–H and O–H groups in total. The zero-order valence-electron chi connectivity index (χ0n) is 19.1. The molecule has 2 aromatic heterocycles. The van der Waals surface area contributed by atoms with Crippen LogP contribution < -0.4 is 9.64 Å². The third kappa shape index (κ3) is 6.55. The molecule has 2 heterocycles. The van der Waals surface area contributed by atoms with Gasteiger partial charge in [-0.1, -0.05) is 41.9 Å². The Morgan fingerprint density at radius 2 is 1.68 bits per heavy atom. The summed E-state index contributed by atoms with van der Waals surface area (Å²) in [5.41, 5.74) is 0.906.